The number of thioether (sulfide) groups is 1. The third kappa shape index (κ3) is 3.38. The molecule has 1 N–H and O–H groups in total. The van der Waals surface area contributed by atoms with E-state index >= 15 is 0 Å². The average Bonchev–Trinajstić information content (AvgIpc) is 3.13. The molecule has 0 radical (unpaired) electrons. The van der Waals surface area contributed by atoms with Crippen LogP contribution < -0.4 is 0 Å². The van der Waals surface area contributed by atoms with Gasteiger partial charge in [-0.15, -0.1) is 0 Å². The van der Waals surface area contributed by atoms with Gasteiger partial charge >= 0.3 is 0 Å². The van der Waals surface area contributed by atoms with Gasteiger partial charge in [-0.3, -0.25) is 4.79 Å². The Balaban J connectivity index is 1.95. The second-order valence-corrected chi connectivity index (χ2v) is 6.52. The molecule has 1 aliphatic heterocycles. The Morgan fingerprint density at radius 1 is 1.53 bits per heavy atom. The number of hydrogen-bond donors (Lipinski definition) is 1. The van der Waals surface area contributed by atoms with E-state index in [-0.39, 0.29) is 17.9 Å². The zero-order chi connectivity index (χ0) is 12.3. The summed E-state index contributed by atoms with van der Waals surface area (Å²) >= 11 is 1.58. The molecule has 1 atom stereocenters. The van der Waals surface area contributed by atoms with Gasteiger partial charge in [-0.1, -0.05) is 12.8 Å². The van der Waals surface area contributed by atoms with Crippen LogP contribution in [0.1, 0.15) is 32.1 Å². The maximum atomic E-state index is 11.9. The van der Waals surface area contributed by atoms with Gasteiger partial charge in [-0.2, -0.15) is 11.8 Å². The van der Waals surface area contributed by atoms with Gasteiger partial charge in [0.15, 0.2) is 0 Å². The predicted octanol–water partition coefficient (Wildman–Crippen LogP) is 1.75. The fourth-order valence-electron chi connectivity index (χ4n) is 2.93. The van der Waals surface area contributed by atoms with Gasteiger partial charge in [0.2, 0.25) is 5.91 Å². The first-order valence-electron chi connectivity index (χ1n) is 6.57. The molecular weight excluding hydrogens is 234 g/mol. The molecule has 1 amide bonds. The van der Waals surface area contributed by atoms with Gasteiger partial charge in [0.25, 0.3) is 0 Å². The van der Waals surface area contributed by atoms with E-state index in [0.717, 1.165) is 38.3 Å². The molecule has 2 rings (SSSR count). The average molecular weight is 257 g/mol. The summed E-state index contributed by atoms with van der Waals surface area (Å²) in [6.45, 7) is 1.90. The Kier molecular flexibility index (Phi) is 4.36. The van der Waals surface area contributed by atoms with Gasteiger partial charge in [0.05, 0.1) is 12.4 Å². The Labute approximate surface area is 108 Å². The largest absolute Gasteiger partial charge is 0.396 e. The molecule has 3 nitrogen and oxygen atoms in total. The van der Waals surface area contributed by atoms with E-state index in [0.29, 0.717) is 5.75 Å². The molecule has 0 aromatic carbocycles. The van der Waals surface area contributed by atoms with Crippen molar-refractivity contribution in [3.8, 4) is 0 Å². The minimum atomic E-state index is 0.00743. The Hall–Kier alpha value is -0.220. The molecule has 0 unspecified atom stereocenters. The van der Waals surface area contributed by atoms with Crippen molar-refractivity contribution in [1.82, 2.24) is 4.90 Å². The van der Waals surface area contributed by atoms with Gasteiger partial charge in [-0.05, 0) is 31.4 Å². The molecule has 17 heavy (non-hydrogen) atoms. The molecule has 1 heterocycles. The van der Waals surface area contributed by atoms with E-state index < -0.39 is 0 Å². The van der Waals surface area contributed by atoms with Crippen molar-refractivity contribution in [2.75, 3.05) is 31.7 Å². The lowest BCUT2D eigenvalue weighted by Crippen LogP contribution is -2.48. The van der Waals surface area contributed by atoms with E-state index in [9.17, 15) is 9.90 Å². The second-order valence-electron chi connectivity index (χ2n) is 5.66. The van der Waals surface area contributed by atoms with Gasteiger partial charge < -0.3 is 10.0 Å². The van der Waals surface area contributed by atoms with Crippen molar-refractivity contribution in [2.45, 2.75) is 32.1 Å². The monoisotopic (exact) mass is 257 g/mol. The molecule has 2 aliphatic rings. The molecule has 0 aromatic rings. The van der Waals surface area contributed by atoms with Gasteiger partial charge in [0, 0.05) is 18.5 Å². The van der Waals surface area contributed by atoms with Crippen LogP contribution in [0.2, 0.25) is 0 Å². The molecule has 0 bridgehead atoms. The highest BCUT2D eigenvalue weighted by Crippen LogP contribution is 2.44. The SMILES string of the molecule is CSCC(=O)N1CCC[C@](CO)(CC2CC2)C1. The summed E-state index contributed by atoms with van der Waals surface area (Å²) in [6.07, 6.45) is 7.86. The summed E-state index contributed by atoms with van der Waals surface area (Å²) in [5.41, 5.74) is 0.00743. The lowest BCUT2D eigenvalue weighted by molar-refractivity contribution is -0.133. The maximum absolute atomic E-state index is 11.9. The lowest BCUT2D eigenvalue weighted by atomic mass is 9.76. The number of aliphatic hydroxyl groups is 1. The molecule has 1 aliphatic carbocycles. The molecule has 4 heteroatoms. The van der Waals surface area contributed by atoms with E-state index in [1.54, 1.807) is 11.8 Å². The topological polar surface area (TPSA) is 40.5 Å². The summed E-state index contributed by atoms with van der Waals surface area (Å²) in [5.74, 6) is 1.63. The highest BCUT2D eigenvalue weighted by molar-refractivity contribution is 7.99. The van der Waals surface area contributed by atoms with Crippen molar-refractivity contribution >= 4 is 17.7 Å². The van der Waals surface area contributed by atoms with Crippen molar-refractivity contribution in [3.05, 3.63) is 0 Å². The van der Waals surface area contributed by atoms with Crippen LogP contribution in [0.4, 0.5) is 0 Å². The third-order valence-corrected chi connectivity index (χ3v) is 4.57. The van der Waals surface area contributed by atoms with E-state index in [1.165, 1.54) is 12.8 Å². The van der Waals surface area contributed by atoms with Crippen LogP contribution in [0.15, 0.2) is 0 Å². The quantitative estimate of drug-likeness (QED) is 0.816. The Morgan fingerprint density at radius 2 is 2.29 bits per heavy atom. The van der Waals surface area contributed by atoms with Crippen LogP contribution in [0.25, 0.3) is 0 Å². The molecular formula is C13H23NO2S. The summed E-state index contributed by atoms with van der Waals surface area (Å²) in [7, 11) is 0. The maximum Gasteiger partial charge on any atom is 0.232 e. The van der Waals surface area contributed by atoms with Crippen LogP contribution in [0.3, 0.4) is 0 Å². The van der Waals surface area contributed by atoms with Crippen molar-refractivity contribution < 1.29 is 9.90 Å². The number of carbonyl (C=O) groups is 1. The third-order valence-electron chi connectivity index (χ3n) is 4.04. The number of aliphatic hydroxyl groups excluding tert-OH is 1. The fourth-order valence-corrected chi connectivity index (χ4v) is 3.36. The highest BCUT2D eigenvalue weighted by atomic mass is 32.2. The summed E-state index contributed by atoms with van der Waals surface area (Å²) in [4.78, 5) is 13.9. The van der Waals surface area contributed by atoms with Crippen LogP contribution in [-0.2, 0) is 4.79 Å². The standard InChI is InChI=1S/C13H23NO2S/c1-17-8-12(16)14-6-2-5-13(9-14,10-15)7-11-3-4-11/h11,15H,2-10H2,1H3/t13-/m0/s1. The molecule has 2 fully saturated rings. The fraction of sp³-hybridized carbons (Fsp3) is 0.923. The smallest absolute Gasteiger partial charge is 0.232 e. The highest BCUT2D eigenvalue weighted by Gasteiger charge is 2.40. The Bertz CT molecular complexity index is 281. The van der Waals surface area contributed by atoms with Crippen LogP contribution in [0, 0.1) is 11.3 Å². The van der Waals surface area contributed by atoms with Crippen molar-refractivity contribution in [3.63, 3.8) is 0 Å². The minimum absolute atomic E-state index is 0.00743. The summed E-state index contributed by atoms with van der Waals surface area (Å²) in [6, 6.07) is 0. The zero-order valence-corrected chi connectivity index (χ0v) is 11.5. The number of piperidine rings is 1. The summed E-state index contributed by atoms with van der Waals surface area (Å²) < 4.78 is 0. The number of hydrogen-bond acceptors (Lipinski definition) is 3. The predicted molar refractivity (Wildman–Crippen MR) is 71.1 cm³/mol. The minimum Gasteiger partial charge on any atom is -0.396 e. The Morgan fingerprint density at radius 3 is 2.88 bits per heavy atom. The second kappa shape index (κ2) is 5.61. The number of nitrogens with zero attached hydrogens (tertiary/aromatic N) is 1. The van der Waals surface area contributed by atoms with Crippen molar-refractivity contribution in [2.24, 2.45) is 11.3 Å². The van der Waals surface area contributed by atoms with Crippen molar-refractivity contribution in [1.29, 1.82) is 0 Å². The summed E-state index contributed by atoms with van der Waals surface area (Å²) in [5, 5.41) is 9.70. The lowest BCUT2D eigenvalue weighted by Gasteiger charge is -2.42. The number of likely N-dealkylation sites (tertiary alicyclic amines) is 1. The van der Waals surface area contributed by atoms with Crippen LogP contribution >= 0.6 is 11.8 Å². The van der Waals surface area contributed by atoms with E-state index in [4.69, 9.17) is 0 Å². The van der Waals surface area contributed by atoms with Gasteiger partial charge in [-0.25, -0.2) is 0 Å². The van der Waals surface area contributed by atoms with Crippen LogP contribution in [-0.4, -0.2) is 47.6 Å². The number of rotatable bonds is 5. The number of carbonyl (C=O) groups excluding carboxylic acids is 1. The van der Waals surface area contributed by atoms with E-state index in [1.807, 2.05) is 11.2 Å². The normalized spacial score (nSPS) is 29.4. The molecule has 1 saturated carbocycles. The number of amides is 1. The first-order valence-corrected chi connectivity index (χ1v) is 7.96. The molecule has 0 aromatic heterocycles. The molecule has 1 saturated heterocycles. The van der Waals surface area contributed by atoms with Gasteiger partial charge in [0.1, 0.15) is 0 Å². The molecule has 98 valence electrons. The van der Waals surface area contributed by atoms with Crippen LogP contribution in [0.5, 0.6) is 0 Å². The zero-order valence-electron chi connectivity index (χ0n) is 10.7. The first-order chi connectivity index (χ1) is 8.19. The first kappa shape index (κ1) is 13.2. The molecule has 0 spiro atoms. The van der Waals surface area contributed by atoms with E-state index in [2.05, 4.69) is 0 Å².